The number of nitrogens with two attached hydrogens (primary N) is 1. The molecule has 1 saturated heterocycles. The minimum atomic E-state index is -0.675. The molecule has 2 fully saturated rings. The Morgan fingerprint density at radius 1 is 1.47 bits per heavy atom. The van der Waals surface area contributed by atoms with Gasteiger partial charge in [0.15, 0.2) is 0 Å². The van der Waals surface area contributed by atoms with Gasteiger partial charge in [0, 0.05) is 41.9 Å². The predicted octanol–water partition coefficient (Wildman–Crippen LogP) is -1.10. The van der Waals surface area contributed by atoms with Crippen LogP contribution < -0.4 is 11.1 Å². The van der Waals surface area contributed by atoms with Crippen LogP contribution in [-0.2, 0) is 15.6 Å². The summed E-state index contributed by atoms with van der Waals surface area (Å²) in [6.45, 7) is 2.26. The van der Waals surface area contributed by atoms with E-state index in [0.717, 1.165) is 25.9 Å². The van der Waals surface area contributed by atoms with Gasteiger partial charge in [-0.1, -0.05) is 0 Å². The zero-order valence-electron chi connectivity index (χ0n) is 10.3. The van der Waals surface area contributed by atoms with Gasteiger partial charge in [0.05, 0.1) is 0 Å². The lowest BCUT2D eigenvalue weighted by Gasteiger charge is -2.37. The summed E-state index contributed by atoms with van der Waals surface area (Å²) in [6, 6.07) is 0. The van der Waals surface area contributed by atoms with Gasteiger partial charge in [0.25, 0.3) is 0 Å². The molecule has 1 heterocycles. The fourth-order valence-corrected chi connectivity index (χ4v) is 3.71. The van der Waals surface area contributed by atoms with Crippen LogP contribution in [0, 0.1) is 5.92 Å². The SMILES string of the molecule is CNC(CN1CCS(=O)CC1)(C(N)=O)C1CC1. The van der Waals surface area contributed by atoms with Crippen LogP contribution in [-0.4, -0.2) is 58.7 Å². The number of primary amides is 1. The van der Waals surface area contributed by atoms with Crippen LogP contribution in [0.2, 0.25) is 0 Å². The molecule has 0 radical (unpaired) electrons. The first-order valence-electron chi connectivity index (χ1n) is 6.14. The zero-order valence-corrected chi connectivity index (χ0v) is 11.1. The van der Waals surface area contributed by atoms with E-state index in [1.807, 2.05) is 7.05 Å². The largest absolute Gasteiger partial charge is 0.368 e. The Bertz CT molecular complexity index is 323. The van der Waals surface area contributed by atoms with Crippen molar-refractivity contribution in [3.63, 3.8) is 0 Å². The molecule has 1 saturated carbocycles. The average molecular weight is 259 g/mol. The van der Waals surface area contributed by atoms with Crippen molar-refractivity contribution in [2.45, 2.75) is 18.4 Å². The molecule has 3 N–H and O–H groups in total. The van der Waals surface area contributed by atoms with Crippen LogP contribution in [0.3, 0.4) is 0 Å². The number of carbonyl (C=O) groups is 1. The first kappa shape index (κ1) is 13.0. The Kier molecular flexibility index (Phi) is 3.85. The van der Waals surface area contributed by atoms with Crippen LogP contribution in [0.4, 0.5) is 0 Å². The smallest absolute Gasteiger partial charge is 0.239 e. The second kappa shape index (κ2) is 5.04. The van der Waals surface area contributed by atoms with E-state index < -0.39 is 16.3 Å². The van der Waals surface area contributed by atoms with Gasteiger partial charge in [0.2, 0.25) is 5.91 Å². The van der Waals surface area contributed by atoms with Gasteiger partial charge in [-0.3, -0.25) is 13.9 Å². The zero-order chi connectivity index (χ0) is 12.5. The van der Waals surface area contributed by atoms with Crippen molar-refractivity contribution >= 4 is 16.7 Å². The Hall–Kier alpha value is -0.460. The predicted molar refractivity (Wildman–Crippen MR) is 68.0 cm³/mol. The van der Waals surface area contributed by atoms with Crippen molar-refractivity contribution < 1.29 is 9.00 Å². The fourth-order valence-electron chi connectivity index (χ4n) is 2.58. The number of rotatable bonds is 5. The number of hydrogen-bond donors (Lipinski definition) is 2. The quantitative estimate of drug-likeness (QED) is 0.657. The molecule has 1 aliphatic carbocycles. The maximum atomic E-state index is 11.7. The normalized spacial score (nSPS) is 26.6. The van der Waals surface area contributed by atoms with E-state index in [4.69, 9.17) is 5.73 Å². The molecule has 0 aromatic carbocycles. The topological polar surface area (TPSA) is 75.4 Å². The second-order valence-corrected chi connectivity index (χ2v) is 6.68. The van der Waals surface area contributed by atoms with Crippen molar-refractivity contribution in [2.24, 2.45) is 11.7 Å². The summed E-state index contributed by atoms with van der Waals surface area (Å²) in [4.78, 5) is 14.0. The average Bonchev–Trinajstić information content (AvgIpc) is 3.12. The molecule has 0 bridgehead atoms. The molecule has 2 aliphatic rings. The third kappa shape index (κ3) is 2.69. The summed E-state index contributed by atoms with van der Waals surface area (Å²) >= 11 is 0. The van der Waals surface area contributed by atoms with Crippen LogP contribution in [0.15, 0.2) is 0 Å². The third-order valence-corrected chi connectivity index (χ3v) is 5.18. The molecule has 2 rings (SSSR count). The highest BCUT2D eigenvalue weighted by Gasteiger charge is 2.49. The van der Waals surface area contributed by atoms with Gasteiger partial charge >= 0.3 is 0 Å². The highest BCUT2D eigenvalue weighted by molar-refractivity contribution is 7.85. The minimum absolute atomic E-state index is 0.255. The molecule has 17 heavy (non-hydrogen) atoms. The molecule has 0 spiro atoms. The molecule has 1 aliphatic heterocycles. The van der Waals surface area contributed by atoms with E-state index in [2.05, 4.69) is 10.2 Å². The fraction of sp³-hybridized carbons (Fsp3) is 0.909. The molecule has 1 amide bonds. The standard InChI is InChI=1S/C11H21N3O2S/c1-13-11(10(12)15,9-2-3-9)8-14-4-6-17(16)7-5-14/h9,13H,2-8H2,1H3,(H2,12,15). The van der Waals surface area contributed by atoms with E-state index in [-0.39, 0.29) is 5.91 Å². The lowest BCUT2D eigenvalue weighted by atomic mass is 9.91. The molecule has 6 heteroatoms. The summed E-state index contributed by atoms with van der Waals surface area (Å²) in [5, 5.41) is 3.14. The molecule has 98 valence electrons. The van der Waals surface area contributed by atoms with E-state index >= 15 is 0 Å². The number of nitrogens with one attached hydrogen (secondary N) is 1. The van der Waals surface area contributed by atoms with Gasteiger partial charge < -0.3 is 11.1 Å². The van der Waals surface area contributed by atoms with Gasteiger partial charge in [-0.2, -0.15) is 0 Å². The summed E-state index contributed by atoms with van der Waals surface area (Å²) in [7, 11) is 1.14. The Labute approximate surface area is 105 Å². The van der Waals surface area contributed by atoms with Crippen molar-refractivity contribution in [2.75, 3.05) is 38.2 Å². The van der Waals surface area contributed by atoms with E-state index in [1.165, 1.54) is 0 Å². The summed E-state index contributed by atoms with van der Waals surface area (Å²) in [5.74, 6) is 1.54. The molecule has 1 unspecified atom stereocenters. The van der Waals surface area contributed by atoms with E-state index in [0.29, 0.717) is 24.0 Å². The number of hydrogen-bond acceptors (Lipinski definition) is 4. The maximum absolute atomic E-state index is 11.7. The Morgan fingerprint density at radius 3 is 2.47 bits per heavy atom. The lowest BCUT2D eigenvalue weighted by molar-refractivity contribution is -0.126. The van der Waals surface area contributed by atoms with Gasteiger partial charge in [-0.05, 0) is 25.8 Å². The number of amides is 1. The molecule has 0 aromatic rings. The lowest BCUT2D eigenvalue weighted by Crippen LogP contribution is -2.63. The summed E-state index contributed by atoms with van der Waals surface area (Å²) < 4.78 is 11.3. The van der Waals surface area contributed by atoms with Crippen LogP contribution in [0.1, 0.15) is 12.8 Å². The Morgan fingerprint density at radius 2 is 2.06 bits per heavy atom. The first-order chi connectivity index (χ1) is 8.08. The summed E-state index contributed by atoms with van der Waals surface area (Å²) in [6.07, 6.45) is 2.15. The minimum Gasteiger partial charge on any atom is -0.368 e. The highest BCUT2D eigenvalue weighted by atomic mass is 32.2. The summed E-state index contributed by atoms with van der Waals surface area (Å²) in [5.41, 5.74) is 5.00. The maximum Gasteiger partial charge on any atom is 0.239 e. The number of likely N-dealkylation sites (N-methyl/N-ethyl adjacent to an activating group) is 1. The van der Waals surface area contributed by atoms with Crippen molar-refractivity contribution in [3.05, 3.63) is 0 Å². The van der Waals surface area contributed by atoms with Crippen molar-refractivity contribution in [3.8, 4) is 0 Å². The molecule has 5 nitrogen and oxygen atoms in total. The molecular formula is C11H21N3O2S. The van der Waals surface area contributed by atoms with Crippen molar-refractivity contribution in [1.82, 2.24) is 10.2 Å². The first-order valence-corrected chi connectivity index (χ1v) is 7.63. The van der Waals surface area contributed by atoms with Gasteiger partial charge in [-0.25, -0.2) is 0 Å². The van der Waals surface area contributed by atoms with Crippen LogP contribution in [0.25, 0.3) is 0 Å². The Balaban J connectivity index is 2.02. The third-order valence-electron chi connectivity index (χ3n) is 3.90. The number of nitrogens with zero attached hydrogens (tertiary/aromatic N) is 1. The van der Waals surface area contributed by atoms with Crippen molar-refractivity contribution in [1.29, 1.82) is 0 Å². The molecule has 0 aromatic heterocycles. The van der Waals surface area contributed by atoms with Crippen LogP contribution in [0.5, 0.6) is 0 Å². The van der Waals surface area contributed by atoms with E-state index in [1.54, 1.807) is 0 Å². The molecule has 1 atom stereocenters. The van der Waals surface area contributed by atoms with Gasteiger partial charge in [-0.15, -0.1) is 0 Å². The molecular weight excluding hydrogens is 238 g/mol. The second-order valence-electron chi connectivity index (χ2n) is 4.98. The van der Waals surface area contributed by atoms with E-state index in [9.17, 15) is 9.00 Å². The monoisotopic (exact) mass is 259 g/mol. The highest BCUT2D eigenvalue weighted by Crippen LogP contribution is 2.40. The number of carbonyl (C=O) groups excluding carboxylic acids is 1. The van der Waals surface area contributed by atoms with Gasteiger partial charge in [0.1, 0.15) is 5.54 Å². The van der Waals surface area contributed by atoms with Crippen LogP contribution >= 0.6 is 0 Å².